The van der Waals surface area contributed by atoms with E-state index in [0.717, 1.165) is 6.92 Å². The monoisotopic (exact) mass is 124 g/mol. The van der Waals surface area contributed by atoms with E-state index in [0.29, 0.717) is 0 Å². The van der Waals surface area contributed by atoms with E-state index in [1.54, 1.807) is 0 Å². The van der Waals surface area contributed by atoms with Crippen LogP contribution in [0.5, 0.6) is 0 Å². The molecule has 0 rings (SSSR count). The Morgan fingerprint density at radius 2 is 1.83 bits per heavy atom. The van der Waals surface area contributed by atoms with Crippen LogP contribution < -0.4 is 80.9 Å². The first-order valence-electron chi connectivity index (χ1n) is 0.928. The predicted octanol–water partition coefficient (Wildman–Crippen LogP) is -5.68. The van der Waals surface area contributed by atoms with Crippen molar-refractivity contribution >= 4 is 5.97 Å². The zero-order valence-electron chi connectivity index (χ0n) is 6.36. The number of carboxylic acid groups (broad SMARTS) is 1. The molecule has 0 amide bonds. The Morgan fingerprint density at radius 1 is 1.83 bits per heavy atom. The van der Waals surface area contributed by atoms with Crippen LogP contribution in [0.3, 0.4) is 0 Å². The summed E-state index contributed by atoms with van der Waals surface area (Å²) in [6, 6.07) is 0. The molecule has 0 aliphatic heterocycles. The summed E-state index contributed by atoms with van der Waals surface area (Å²) >= 11 is 0. The summed E-state index contributed by atoms with van der Waals surface area (Å²) < 4.78 is 0. The SMILES string of the molecule is CC(=O)O.[H-].[H-].[K+].[Na+]. The van der Waals surface area contributed by atoms with Crippen molar-refractivity contribution in [1.29, 1.82) is 0 Å². The number of carbonyl (C=O) groups is 1. The largest absolute Gasteiger partial charge is 1.00 e. The van der Waals surface area contributed by atoms with E-state index in [1.165, 1.54) is 0 Å². The van der Waals surface area contributed by atoms with Gasteiger partial charge in [0.05, 0.1) is 0 Å². The Morgan fingerprint density at radius 3 is 1.83 bits per heavy atom. The normalized spacial score (nSPS) is 4.17. The molecule has 0 aliphatic rings. The maximum absolute atomic E-state index is 9.00. The van der Waals surface area contributed by atoms with Gasteiger partial charge >= 0.3 is 80.9 Å². The molecule has 0 aromatic heterocycles. The van der Waals surface area contributed by atoms with E-state index in [2.05, 4.69) is 0 Å². The molecule has 0 saturated carbocycles. The molecule has 0 aliphatic carbocycles. The molecule has 0 atom stereocenters. The van der Waals surface area contributed by atoms with Crippen LogP contribution in [0, 0.1) is 0 Å². The molecule has 1 N–H and O–H groups in total. The summed E-state index contributed by atoms with van der Waals surface area (Å²) in [5, 5.41) is 7.42. The molecular formula is C2H6KNaO2. The Balaban J connectivity index is -0.00000000750. The standard InChI is InChI=1S/C2H4O2.K.Na.2H/c1-2(3)4;;;;/h1H3,(H,3,4);;;;/q;2*+1;2*-1. The first-order valence-corrected chi connectivity index (χ1v) is 0.928. The molecule has 0 aromatic carbocycles. The smallest absolute Gasteiger partial charge is 1.00 e. The average molecular weight is 124 g/mol. The van der Waals surface area contributed by atoms with Crippen molar-refractivity contribution in [3.05, 3.63) is 0 Å². The van der Waals surface area contributed by atoms with Crippen LogP contribution in [0.2, 0.25) is 0 Å². The van der Waals surface area contributed by atoms with Gasteiger partial charge in [0.25, 0.3) is 5.97 Å². The van der Waals surface area contributed by atoms with Gasteiger partial charge in [-0.2, -0.15) is 0 Å². The molecule has 0 spiro atoms. The second kappa shape index (κ2) is 10.2. The van der Waals surface area contributed by atoms with Gasteiger partial charge in [0.2, 0.25) is 0 Å². The van der Waals surface area contributed by atoms with Gasteiger partial charge in [0, 0.05) is 6.92 Å². The summed E-state index contributed by atoms with van der Waals surface area (Å²) in [5.74, 6) is -0.833. The zero-order chi connectivity index (χ0) is 3.58. The minimum absolute atomic E-state index is 0. The number of hydrogen-bond acceptors (Lipinski definition) is 1. The summed E-state index contributed by atoms with van der Waals surface area (Å²) in [7, 11) is 0. The van der Waals surface area contributed by atoms with E-state index < -0.39 is 5.97 Å². The maximum Gasteiger partial charge on any atom is 1.00 e. The van der Waals surface area contributed by atoms with Crippen molar-refractivity contribution in [3.63, 3.8) is 0 Å². The predicted molar refractivity (Wildman–Crippen MR) is 15.5 cm³/mol. The van der Waals surface area contributed by atoms with Crippen LogP contribution in [-0.2, 0) is 4.79 Å². The van der Waals surface area contributed by atoms with Gasteiger partial charge in [-0.05, 0) is 0 Å². The first kappa shape index (κ1) is 15.7. The van der Waals surface area contributed by atoms with Crippen LogP contribution in [0.15, 0.2) is 0 Å². The minimum atomic E-state index is -0.833. The summed E-state index contributed by atoms with van der Waals surface area (Å²) in [6.07, 6.45) is 0. The van der Waals surface area contributed by atoms with Crippen LogP contribution in [0.1, 0.15) is 9.78 Å². The van der Waals surface area contributed by atoms with E-state index in [1.807, 2.05) is 0 Å². The van der Waals surface area contributed by atoms with Crippen LogP contribution >= 0.6 is 0 Å². The molecule has 0 saturated heterocycles. The molecule has 6 heavy (non-hydrogen) atoms. The summed E-state index contributed by atoms with van der Waals surface area (Å²) in [5.41, 5.74) is 0. The van der Waals surface area contributed by atoms with E-state index in [4.69, 9.17) is 9.90 Å². The fourth-order valence-electron chi connectivity index (χ4n) is 0. The van der Waals surface area contributed by atoms with Gasteiger partial charge in [-0.15, -0.1) is 0 Å². The Bertz CT molecular complexity index is 41.0. The number of hydrogen-bond donors (Lipinski definition) is 1. The fraction of sp³-hybridized carbons (Fsp3) is 0.500. The molecule has 4 heteroatoms. The van der Waals surface area contributed by atoms with Gasteiger partial charge < -0.3 is 7.96 Å². The molecular weight excluding hydrogens is 118 g/mol. The van der Waals surface area contributed by atoms with Gasteiger partial charge in [-0.25, -0.2) is 0 Å². The second-order valence-electron chi connectivity index (χ2n) is 0.519. The number of aliphatic carboxylic acids is 1. The van der Waals surface area contributed by atoms with Crippen LogP contribution in [0.4, 0.5) is 0 Å². The van der Waals surface area contributed by atoms with Crippen molar-refractivity contribution < 1.29 is 93.7 Å². The zero-order valence-corrected chi connectivity index (χ0v) is 9.48. The number of rotatable bonds is 0. The van der Waals surface area contributed by atoms with Crippen LogP contribution in [-0.4, -0.2) is 11.1 Å². The minimum Gasteiger partial charge on any atom is -1.00 e. The first-order chi connectivity index (χ1) is 1.73. The molecule has 0 radical (unpaired) electrons. The van der Waals surface area contributed by atoms with E-state index >= 15 is 0 Å². The third kappa shape index (κ3) is 35.9. The average Bonchev–Trinajstić information content (AvgIpc) is 0.811. The third-order valence-corrected chi connectivity index (χ3v) is 0. The van der Waals surface area contributed by atoms with Crippen molar-refractivity contribution in [2.45, 2.75) is 6.92 Å². The quantitative estimate of drug-likeness (QED) is 0.327. The molecule has 28 valence electrons. The molecule has 0 fully saturated rings. The fourth-order valence-corrected chi connectivity index (χ4v) is 0. The van der Waals surface area contributed by atoms with E-state index in [9.17, 15) is 0 Å². The second-order valence-corrected chi connectivity index (χ2v) is 0.519. The molecule has 0 heterocycles. The Hall–Kier alpha value is 2.11. The summed E-state index contributed by atoms with van der Waals surface area (Å²) in [4.78, 5) is 9.00. The van der Waals surface area contributed by atoms with Crippen molar-refractivity contribution in [3.8, 4) is 0 Å². The number of carboxylic acids is 1. The Kier molecular flexibility index (Phi) is 26.6. The van der Waals surface area contributed by atoms with Gasteiger partial charge in [-0.3, -0.25) is 4.79 Å². The molecule has 0 bridgehead atoms. The maximum atomic E-state index is 9.00. The molecule has 0 aromatic rings. The van der Waals surface area contributed by atoms with Crippen molar-refractivity contribution in [1.82, 2.24) is 0 Å². The summed E-state index contributed by atoms with van der Waals surface area (Å²) in [6.45, 7) is 1.08. The van der Waals surface area contributed by atoms with E-state index in [-0.39, 0.29) is 83.8 Å². The topological polar surface area (TPSA) is 37.3 Å². The Labute approximate surface area is 104 Å². The van der Waals surface area contributed by atoms with Gasteiger partial charge in [0.15, 0.2) is 0 Å². The molecule has 0 unspecified atom stereocenters. The van der Waals surface area contributed by atoms with Crippen molar-refractivity contribution in [2.24, 2.45) is 0 Å². The van der Waals surface area contributed by atoms with Gasteiger partial charge in [0.1, 0.15) is 0 Å². The van der Waals surface area contributed by atoms with Crippen LogP contribution in [0.25, 0.3) is 0 Å². The third-order valence-electron chi connectivity index (χ3n) is 0. The van der Waals surface area contributed by atoms with Crippen molar-refractivity contribution in [2.75, 3.05) is 0 Å². The molecule has 2 nitrogen and oxygen atoms in total. The van der Waals surface area contributed by atoms with Gasteiger partial charge in [-0.1, -0.05) is 0 Å².